The third kappa shape index (κ3) is 9.91. The van der Waals surface area contributed by atoms with Gasteiger partial charge in [-0.15, -0.1) is 0 Å². The summed E-state index contributed by atoms with van der Waals surface area (Å²) in [4.78, 5) is 3.50. The standard InChI is InChI=1S/C6H8N2.C2H6/c1-3-8-5-6(2)4-7;1-2/h1,4-5H,7H2,2H3;1-2H3/b6-4-,8-5?;. The van der Waals surface area contributed by atoms with Crippen LogP contribution in [0, 0.1) is 12.5 Å². The lowest BCUT2D eigenvalue weighted by molar-refractivity contribution is 1.48. The summed E-state index contributed by atoms with van der Waals surface area (Å²) in [5.41, 5.74) is 5.95. The van der Waals surface area contributed by atoms with Gasteiger partial charge in [-0.1, -0.05) is 20.3 Å². The van der Waals surface area contributed by atoms with Crippen molar-refractivity contribution >= 4 is 6.21 Å². The van der Waals surface area contributed by atoms with Gasteiger partial charge in [-0.2, -0.15) is 0 Å². The van der Waals surface area contributed by atoms with Gasteiger partial charge in [0.15, 0.2) is 0 Å². The van der Waals surface area contributed by atoms with Gasteiger partial charge in [0.05, 0.1) is 0 Å². The molecule has 0 saturated carbocycles. The third-order valence-electron chi connectivity index (χ3n) is 0.606. The summed E-state index contributed by atoms with van der Waals surface area (Å²) in [6.45, 7) is 5.82. The molecule has 0 atom stereocenters. The van der Waals surface area contributed by atoms with Gasteiger partial charge in [-0.3, -0.25) is 0 Å². The van der Waals surface area contributed by atoms with Crippen molar-refractivity contribution in [2.45, 2.75) is 20.8 Å². The minimum absolute atomic E-state index is 0.864. The molecule has 0 rings (SSSR count). The van der Waals surface area contributed by atoms with E-state index in [2.05, 4.69) is 11.0 Å². The Morgan fingerprint density at radius 1 is 1.60 bits per heavy atom. The van der Waals surface area contributed by atoms with E-state index in [1.807, 2.05) is 20.8 Å². The Morgan fingerprint density at radius 3 is 2.40 bits per heavy atom. The highest BCUT2D eigenvalue weighted by Gasteiger charge is 1.73. The minimum Gasteiger partial charge on any atom is -0.404 e. The fourth-order valence-electron chi connectivity index (χ4n) is 0.182. The molecule has 0 aliphatic rings. The lowest BCUT2D eigenvalue weighted by atomic mass is 10.4. The monoisotopic (exact) mass is 138 g/mol. The molecule has 56 valence electrons. The first kappa shape index (κ1) is 11.6. The molecule has 0 amide bonds. The lowest BCUT2D eigenvalue weighted by Crippen LogP contribution is -1.83. The van der Waals surface area contributed by atoms with Crippen LogP contribution in [0.5, 0.6) is 0 Å². The zero-order valence-electron chi connectivity index (χ0n) is 6.76. The molecule has 0 heterocycles. The van der Waals surface area contributed by atoms with E-state index in [9.17, 15) is 0 Å². The van der Waals surface area contributed by atoms with Crippen molar-refractivity contribution in [1.82, 2.24) is 0 Å². The molecule has 0 unspecified atom stereocenters. The first-order valence-corrected chi connectivity index (χ1v) is 3.18. The van der Waals surface area contributed by atoms with E-state index in [1.165, 1.54) is 12.4 Å². The third-order valence-corrected chi connectivity index (χ3v) is 0.606. The van der Waals surface area contributed by atoms with Gasteiger partial charge in [0.2, 0.25) is 0 Å². The van der Waals surface area contributed by atoms with Crippen LogP contribution < -0.4 is 5.73 Å². The lowest BCUT2D eigenvalue weighted by Gasteiger charge is -1.80. The summed E-state index contributed by atoms with van der Waals surface area (Å²) in [6.07, 6.45) is 7.79. The summed E-state index contributed by atoms with van der Waals surface area (Å²) in [6, 6.07) is 2.11. The van der Waals surface area contributed by atoms with Crippen LogP contribution in [0.1, 0.15) is 20.8 Å². The largest absolute Gasteiger partial charge is 0.404 e. The Morgan fingerprint density at radius 2 is 2.10 bits per heavy atom. The molecule has 2 heteroatoms. The number of nitrogens with two attached hydrogens (primary N) is 1. The SMILES string of the molecule is C#CN=C/C(C)=C\N.CC. The average Bonchev–Trinajstić information content (AvgIpc) is 2.04. The number of nitrogens with zero attached hydrogens (tertiary/aromatic N) is 1. The van der Waals surface area contributed by atoms with Crippen LogP contribution in [0.25, 0.3) is 0 Å². The van der Waals surface area contributed by atoms with E-state index in [4.69, 9.17) is 12.2 Å². The van der Waals surface area contributed by atoms with E-state index >= 15 is 0 Å². The topological polar surface area (TPSA) is 38.4 Å². The number of hydrogen-bond acceptors (Lipinski definition) is 2. The van der Waals surface area contributed by atoms with Crippen LogP contribution in [-0.4, -0.2) is 6.21 Å². The summed E-state index contributed by atoms with van der Waals surface area (Å²) in [7, 11) is 0. The van der Waals surface area contributed by atoms with Gasteiger partial charge in [0, 0.05) is 12.3 Å². The van der Waals surface area contributed by atoms with Gasteiger partial charge in [0.25, 0.3) is 0 Å². The highest BCUT2D eigenvalue weighted by atomic mass is 14.6. The molecule has 0 spiro atoms. The van der Waals surface area contributed by atoms with Crippen molar-refractivity contribution in [3.05, 3.63) is 11.8 Å². The molecule has 0 radical (unpaired) electrons. The average molecular weight is 138 g/mol. The molecule has 2 nitrogen and oxygen atoms in total. The predicted octanol–water partition coefficient (Wildman–Crippen LogP) is 1.54. The maximum absolute atomic E-state index is 5.09. The Balaban J connectivity index is 0. The van der Waals surface area contributed by atoms with Crippen LogP contribution in [0.2, 0.25) is 0 Å². The Hall–Kier alpha value is -1.23. The Labute approximate surface area is 62.8 Å². The van der Waals surface area contributed by atoms with Crippen molar-refractivity contribution in [3.63, 3.8) is 0 Å². The fraction of sp³-hybridized carbons (Fsp3) is 0.375. The molecular formula is C8H14N2. The van der Waals surface area contributed by atoms with Gasteiger partial charge in [-0.25, -0.2) is 4.99 Å². The molecule has 0 aromatic carbocycles. The summed E-state index contributed by atoms with van der Waals surface area (Å²) in [5, 5.41) is 0. The molecule has 0 fully saturated rings. The van der Waals surface area contributed by atoms with Crippen LogP contribution in [-0.2, 0) is 0 Å². The van der Waals surface area contributed by atoms with Gasteiger partial charge in [0.1, 0.15) is 0 Å². The second-order valence-corrected chi connectivity index (χ2v) is 1.30. The van der Waals surface area contributed by atoms with E-state index in [0.29, 0.717) is 0 Å². The van der Waals surface area contributed by atoms with Gasteiger partial charge in [-0.05, 0) is 18.7 Å². The fourth-order valence-corrected chi connectivity index (χ4v) is 0.182. The second kappa shape index (κ2) is 10.7. The Kier molecular flexibility index (Phi) is 12.4. The number of hydrogen-bond donors (Lipinski definition) is 1. The molecular weight excluding hydrogens is 124 g/mol. The maximum Gasteiger partial charge on any atom is 0.0418 e. The first-order valence-electron chi connectivity index (χ1n) is 3.18. The van der Waals surface area contributed by atoms with E-state index in [-0.39, 0.29) is 0 Å². The summed E-state index contributed by atoms with van der Waals surface area (Å²) < 4.78 is 0. The van der Waals surface area contributed by atoms with Gasteiger partial charge < -0.3 is 5.73 Å². The number of allylic oxidation sites excluding steroid dienone is 1. The normalized spacial score (nSPS) is 10.0. The molecule has 0 bridgehead atoms. The molecule has 0 aromatic heterocycles. The van der Waals surface area contributed by atoms with Crippen molar-refractivity contribution in [2.75, 3.05) is 0 Å². The summed E-state index contributed by atoms with van der Waals surface area (Å²) in [5.74, 6) is 0. The van der Waals surface area contributed by atoms with E-state index < -0.39 is 0 Å². The summed E-state index contributed by atoms with van der Waals surface area (Å²) >= 11 is 0. The highest BCUT2D eigenvalue weighted by Crippen LogP contribution is 1.80. The molecule has 0 saturated heterocycles. The number of rotatable bonds is 1. The van der Waals surface area contributed by atoms with Crippen molar-refractivity contribution in [1.29, 1.82) is 0 Å². The highest BCUT2D eigenvalue weighted by molar-refractivity contribution is 5.78. The molecule has 0 aromatic rings. The molecule has 10 heavy (non-hydrogen) atoms. The van der Waals surface area contributed by atoms with E-state index in [1.54, 1.807) is 0 Å². The Bertz CT molecular complexity index is 149. The molecule has 0 aliphatic carbocycles. The quantitative estimate of drug-likeness (QED) is 0.433. The molecule has 2 N–H and O–H groups in total. The zero-order valence-corrected chi connectivity index (χ0v) is 6.76. The van der Waals surface area contributed by atoms with Crippen LogP contribution in [0.4, 0.5) is 0 Å². The van der Waals surface area contributed by atoms with Crippen molar-refractivity contribution < 1.29 is 0 Å². The maximum atomic E-state index is 5.09. The van der Waals surface area contributed by atoms with Crippen LogP contribution >= 0.6 is 0 Å². The minimum atomic E-state index is 0.864. The van der Waals surface area contributed by atoms with Crippen molar-refractivity contribution in [3.8, 4) is 12.5 Å². The van der Waals surface area contributed by atoms with Crippen LogP contribution in [0.3, 0.4) is 0 Å². The number of aliphatic imine (C=N–C) groups is 1. The van der Waals surface area contributed by atoms with Crippen LogP contribution in [0.15, 0.2) is 16.8 Å². The first-order chi connectivity index (χ1) is 4.81. The van der Waals surface area contributed by atoms with E-state index in [0.717, 1.165) is 5.57 Å². The van der Waals surface area contributed by atoms with Gasteiger partial charge >= 0.3 is 0 Å². The second-order valence-electron chi connectivity index (χ2n) is 1.30. The predicted molar refractivity (Wildman–Crippen MR) is 46.6 cm³/mol. The smallest absolute Gasteiger partial charge is 0.0418 e. The zero-order chi connectivity index (χ0) is 8.41. The number of terminal acetylenes is 1. The molecule has 0 aliphatic heterocycles. The van der Waals surface area contributed by atoms with Crippen molar-refractivity contribution in [2.24, 2.45) is 10.7 Å².